The molecule has 1 fully saturated rings. The van der Waals surface area contributed by atoms with Crippen LogP contribution in [0, 0.1) is 12.8 Å². The van der Waals surface area contributed by atoms with Gasteiger partial charge in [0.2, 0.25) is 0 Å². The van der Waals surface area contributed by atoms with Gasteiger partial charge in [-0.3, -0.25) is 0 Å². The summed E-state index contributed by atoms with van der Waals surface area (Å²) in [7, 11) is 3.35. The molecule has 1 saturated heterocycles. The van der Waals surface area contributed by atoms with Gasteiger partial charge in [0.15, 0.2) is 0 Å². The first kappa shape index (κ1) is 14.2. The van der Waals surface area contributed by atoms with Crippen LogP contribution in [0.3, 0.4) is 0 Å². The number of rotatable bonds is 4. The molecule has 106 valence electrons. The van der Waals surface area contributed by atoms with Crippen molar-refractivity contribution in [2.24, 2.45) is 11.7 Å². The van der Waals surface area contributed by atoms with Crippen molar-refractivity contribution < 1.29 is 9.47 Å². The minimum atomic E-state index is 0.0305. The largest absolute Gasteiger partial charge is 0.497 e. The Morgan fingerprint density at radius 1 is 1.21 bits per heavy atom. The number of hydrogen-bond donors (Lipinski definition) is 2. The molecule has 0 spiro atoms. The van der Waals surface area contributed by atoms with E-state index in [0.29, 0.717) is 5.92 Å². The number of methoxy groups -OCH3 is 2. The van der Waals surface area contributed by atoms with Crippen LogP contribution in [0.5, 0.6) is 11.5 Å². The first-order valence-electron chi connectivity index (χ1n) is 6.86. The van der Waals surface area contributed by atoms with Gasteiger partial charge in [-0.1, -0.05) is 0 Å². The minimum absolute atomic E-state index is 0.0305. The van der Waals surface area contributed by atoms with Gasteiger partial charge < -0.3 is 20.5 Å². The first-order chi connectivity index (χ1) is 9.17. The summed E-state index contributed by atoms with van der Waals surface area (Å²) in [4.78, 5) is 0. The SMILES string of the molecule is COc1cc(C)c(C(N)C2CCNCC2)c(OC)c1. The third-order valence-electron chi connectivity index (χ3n) is 4.00. The fraction of sp³-hybridized carbons (Fsp3) is 0.600. The van der Waals surface area contributed by atoms with E-state index in [0.717, 1.165) is 48.6 Å². The van der Waals surface area contributed by atoms with E-state index < -0.39 is 0 Å². The molecule has 1 unspecified atom stereocenters. The summed E-state index contributed by atoms with van der Waals surface area (Å²) in [5, 5.41) is 3.38. The molecule has 1 aromatic carbocycles. The van der Waals surface area contributed by atoms with Crippen molar-refractivity contribution in [2.75, 3.05) is 27.3 Å². The Kier molecular flexibility index (Phi) is 4.66. The molecule has 0 radical (unpaired) electrons. The van der Waals surface area contributed by atoms with Crippen LogP contribution in [-0.2, 0) is 0 Å². The molecule has 1 heterocycles. The summed E-state index contributed by atoms with van der Waals surface area (Å²) in [5.74, 6) is 2.17. The second-order valence-electron chi connectivity index (χ2n) is 5.17. The van der Waals surface area contributed by atoms with E-state index in [-0.39, 0.29) is 6.04 Å². The van der Waals surface area contributed by atoms with Gasteiger partial charge in [-0.05, 0) is 50.4 Å². The normalized spacial score (nSPS) is 18.1. The van der Waals surface area contributed by atoms with Gasteiger partial charge in [0.1, 0.15) is 11.5 Å². The van der Waals surface area contributed by atoms with Gasteiger partial charge >= 0.3 is 0 Å². The van der Waals surface area contributed by atoms with E-state index in [1.54, 1.807) is 14.2 Å². The second kappa shape index (κ2) is 6.26. The van der Waals surface area contributed by atoms with Gasteiger partial charge in [-0.2, -0.15) is 0 Å². The Morgan fingerprint density at radius 2 is 1.89 bits per heavy atom. The molecule has 0 amide bonds. The number of aryl methyl sites for hydroxylation is 1. The average Bonchev–Trinajstić information content (AvgIpc) is 2.46. The average molecular weight is 264 g/mol. The fourth-order valence-corrected chi connectivity index (χ4v) is 2.89. The predicted molar refractivity (Wildman–Crippen MR) is 76.8 cm³/mol. The van der Waals surface area contributed by atoms with Crippen molar-refractivity contribution in [3.05, 3.63) is 23.3 Å². The Hall–Kier alpha value is -1.26. The van der Waals surface area contributed by atoms with Crippen molar-refractivity contribution in [3.8, 4) is 11.5 Å². The van der Waals surface area contributed by atoms with Gasteiger partial charge in [0.25, 0.3) is 0 Å². The lowest BCUT2D eigenvalue weighted by Crippen LogP contribution is -2.34. The number of benzene rings is 1. The Labute approximate surface area is 115 Å². The summed E-state index contributed by atoms with van der Waals surface area (Å²) in [6, 6.07) is 3.98. The zero-order valence-electron chi connectivity index (χ0n) is 12.0. The first-order valence-corrected chi connectivity index (χ1v) is 6.86. The number of hydrogen-bond acceptors (Lipinski definition) is 4. The minimum Gasteiger partial charge on any atom is -0.497 e. The molecule has 2 rings (SSSR count). The number of nitrogens with two attached hydrogens (primary N) is 1. The molecule has 0 saturated carbocycles. The van der Waals surface area contributed by atoms with E-state index in [9.17, 15) is 0 Å². The highest BCUT2D eigenvalue weighted by atomic mass is 16.5. The molecule has 1 aliphatic heterocycles. The topological polar surface area (TPSA) is 56.5 Å². The van der Waals surface area contributed by atoms with Crippen LogP contribution in [-0.4, -0.2) is 27.3 Å². The second-order valence-corrected chi connectivity index (χ2v) is 5.17. The Bertz CT molecular complexity index is 428. The van der Waals surface area contributed by atoms with Crippen molar-refractivity contribution in [3.63, 3.8) is 0 Å². The number of ether oxygens (including phenoxy) is 2. The maximum atomic E-state index is 6.49. The van der Waals surface area contributed by atoms with Crippen LogP contribution in [0.4, 0.5) is 0 Å². The van der Waals surface area contributed by atoms with Crippen molar-refractivity contribution in [2.45, 2.75) is 25.8 Å². The molecule has 19 heavy (non-hydrogen) atoms. The summed E-state index contributed by atoms with van der Waals surface area (Å²) < 4.78 is 10.8. The lowest BCUT2D eigenvalue weighted by atomic mass is 9.84. The molecular weight excluding hydrogens is 240 g/mol. The standard InChI is InChI=1S/C15H24N2O2/c1-10-8-12(18-2)9-13(19-3)14(10)15(16)11-4-6-17-7-5-11/h8-9,11,15,17H,4-7,16H2,1-3H3. The zero-order valence-corrected chi connectivity index (χ0v) is 12.0. The molecule has 0 aliphatic carbocycles. The van der Waals surface area contributed by atoms with E-state index in [1.165, 1.54) is 0 Å². The number of piperidine rings is 1. The van der Waals surface area contributed by atoms with Crippen LogP contribution in [0.2, 0.25) is 0 Å². The van der Waals surface area contributed by atoms with E-state index in [2.05, 4.69) is 12.2 Å². The Balaban J connectivity index is 2.31. The zero-order chi connectivity index (χ0) is 13.8. The smallest absolute Gasteiger partial charge is 0.127 e. The van der Waals surface area contributed by atoms with Gasteiger partial charge in [0, 0.05) is 17.7 Å². The highest BCUT2D eigenvalue weighted by Crippen LogP contribution is 2.37. The fourth-order valence-electron chi connectivity index (χ4n) is 2.89. The number of nitrogens with one attached hydrogen (secondary N) is 1. The van der Waals surface area contributed by atoms with Crippen LogP contribution < -0.4 is 20.5 Å². The molecule has 0 aromatic heterocycles. The molecule has 0 bridgehead atoms. The predicted octanol–water partition coefficient (Wildman–Crippen LogP) is 2.01. The summed E-state index contributed by atoms with van der Waals surface area (Å²) in [6.07, 6.45) is 2.24. The molecule has 4 nitrogen and oxygen atoms in total. The van der Waals surface area contributed by atoms with E-state index in [4.69, 9.17) is 15.2 Å². The van der Waals surface area contributed by atoms with E-state index in [1.807, 2.05) is 12.1 Å². The monoisotopic (exact) mass is 264 g/mol. The van der Waals surface area contributed by atoms with Crippen LogP contribution >= 0.6 is 0 Å². The van der Waals surface area contributed by atoms with Gasteiger partial charge in [-0.15, -0.1) is 0 Å². The lowest BCUT2D eigenvalue weighted by Gasteiger charge is -2.30. The van der Waals surface area contributed by atoms with Crippen molar-refractivity contribution in [1.82, 2.24) is 5.32 Å². The van der Waals surface area contributed by atoms with Crippen molar-refractivity contribution >= 4 is 0 Å². The van der Waals surface area contributed by atoms with Crippen molar-refractivity contribution in [1.29, 1.82) is 0 Å². The Morgan fingerprint density at radius 3 is 2.47 bits per heavy atom. The van der Waals surface area contributed by atoms with Crippen LogP contribution in [0.25, 0.3) is 0 Å². The highest BCUT2D eigenvalue weighted by molar-refractivity contribution is 5.48. The molecule has 1 atom stereocenters. The maximum Gasteiger partial charge on any atom is 0.127 e. The van der Waals surface area contributed by atoms with Gasteiger partial charge in [-0.25, -0.2) is 0 Å². The molecule has 4 heteroatoms. The summed E-state index contributed by atoms with van der Waals surface area (Å²) in [6.45, 7) is 4.17. The highest BCUT2D eigenvalue weighted by Gasteiger charge is 2.25. The third-order valence-corrected chi connectivity index (χ3v) is 4.00. The quantitative estimate of drug-likeness (QED) is 0.873. The molecule has 1 aliphatic rings. The lowest BCUT2D eigenvalue weighted by molar-refractivity contribution is 0.311. The maximum absolute atomic E-state index is 6.49. The third kappa shape index (κ3) is 3.01. The molecular formula is C15H24N2O2. The van der Waals surface area contributed by atoms with Crippen LogP contribution in [0.1, 0.15) is 30.0 Å². The summed E-state index contributed by atoms with van der Waals surface area (Å²) in [5.41, 5.74) is 8.75. The van der Waals surface area contributed by atoms with Gasteiger partial charge in [0.05, 0.1) is 14.2 Å². The molecule has 3 N–H and O–H groups in total. The van der Waals surface area contributed by atoms with Crippen LogP contribution in [0.15, 0.2) is 12.1 Å². The summed E-state index contributed by atoms with van der Waals surface area (Å²) >= 11 is 0. The molecule has 1 aromatic rings. The van der Waals surface area contributed by atoms with E-state index >= 15 is 0 Å².